The first-order chi connectivity index (χ1) is 13.7. The molecule has 0 spiro atoms. The Morgan fingerprint density at radius 1 is 1.25 bits per heavy atom. The van der Waals surface area contributed by atoms with Crippen molar-refractivity contribution in [2.45, 2.75) is 37.3 Å². The fourth-order valence-corrected chi connectivity index (χ4v) is 4.61. The van der Waals surface area contributed by atoms with Gasteiger partial charge in [-0.25, -0.2) is 0 Å². The van der Waals surface area contributed by atoms with Gasteiger partial charge in [0.1, 0.15) is 0 Å². The maximum atomic E-state index is 12.3. The molecule has 5 heteroatoms. The van der Waals surface area contributed by atoms with Crippen LogP contribution in [0.5, 0.6) is 0 Å². The Kier molecular flexibility index (Phi) is 6.03. The minimum Gasteiger partial charge on any atom is -0.376 e. The molecule has 146 valence electrons. The van der Waals surface area contributed by atoms with Crippen LogP contribution in [0.4, 0.5) is 0 Å². The predicted octanol–water partition coefficient (Wildman–Crippen LogP) is 4.39. The number of aryl methyl sites for hydroxylation is 1. The van der Waals surface area contributed by atoms with Crippen molar-refractivity contribution in [2.24, 2.45) is 0 Å². The van der Waals surface area contributed by atoms with Gasteiger partial charge in [-0.05, 0) is 31.4 Å². The second-order valence-electron chi connectivity index (χ2n) is 7.36. The van der Waals surface area contributed by atoms with Gasteiger partial charge >= 0.3 is 0 Å². The molecule has 1 fully saturated rings. The maximum absolute atomic E-state index is 12.3. The number of hydrogen-bond donors (Lipinski definition) is 1. The van der Waals surface area contributed by atoms with Crippen molar-refractivity contribution in [1.29, 1.82) is 0 Å². The van der Waals surface area contributed by atoms with E-state index in [1.165, 1.54) is 22.0 Å². The smallest absolute Gasteiger partial charge is 0.230 e. The van der Waals surface area contributed by atoms with E-state index in [4.69, 9.17) is 4.74 Å². The number of amides is 1. The summed E-state index contributed by atoms with van der Waals surface area (Å²) in [4.78, 5) is 13.4. The quantitative estimate of drug-likeness (QED) is 0.605. The maximum Gasteiger partial charge on any atom is 0.230 e. The second kappa shape index (κ2) is 8.84. The van der Waals surface area contributed by atoms with Crippen LogP contribution in [0.2, 0.25) is 0 Å². The number of para-hydroxylation sites is 1. The fraction of sp³-hybridized carbons (Fsp3) is 0.348. The zero-order valence-electron chi connectivity index (χ0n) is 16.2. The van der Waals surface area contributed by atoms with Crippen molar-refractivity contribution < 1.29 is 9.53 Å². The molecule has 4 rings (SSSR count). The molecule has 1 aliphatic heterocycles. The zero-order chi connectivity index (χ0) is 19.3. The SMILES string of the molecule is Cc1cccc(Cn2cc(SCC(=O)NC[C@@H]3CCCO3)c3ccccc32)c1. The molecule has 0 unspecified atom stereocenters. The second-order valence-corrected chi connectivity index (χ2v) is 8.37. The van der Waals surface area contributed by atoms with E-state index < -0.39 is 0 Å². The van der Waals surface area contributed by atoms with Gasteiger partial charge in [-0.2, -0.15) is 0 Å². The first-order valence-corrected chi connectivity index (χ1v) is 10.8. The van der Waals surface area contributed by atoms with Crippen LogP contribution < -0.4 is 5.32 Å². The van der Waals surface area contributed by atoms with Crippen molar-refractivity contribution in [3.05, 3.63) is 65.9 Å². The van der Waals surface area contributed by atoms with Crippen molar-refractivity contribution in [1.82, 2.24) is 9.88 Å². The molecule has 0 saturated carbocycles. The van der Waals surface area contributed by atoms with Crippen molar-refractivity contribution in [2.75, 3.05) is 18.9 Å². The van der Waals surface area contributed by atoms with Crippen molar-refractivity contribution in [3.63, 3.8) is 0 Å². The molecule has 1 saturated heterocycles. The third-order valence-electron chi connectivity index (χ3n) is 5.10. The third-order valence-corrected chi connectivity index (χ3v) is 6.14. The van der Waals surface area contributed by atoms with E-state index in [1.54, 1.807) is 11.8 Å². The van der Waals surface area contributed by atoms with Gasteiger partial charge in [0.05, 0.1) is 11.9 Å². The third kappa shape index (κ3) is 4.59. The number of rotatable bonds is 7. The molecule has 1 aliphatic rings. The Morgan fingerprint density at radius 2 is 2.14 bits per heavy atom. The highest BCUT2D eigenvalue weighted by Gasteiger charge is 2.16. The summed E-state index contributed by atoms with van der Waals surface area (Å²) in [5, 5.41) is 4.21. The Hall–Kier alpha value is -2.24. The highest BCUT2D eigenvalue weighted by atomic mass is 32.2. The van der Waals surface area contributed by atoms with Crippen LogP contribution in [0.15, 0.2) is 59.6 Å². The van der Waals surface area contributed by atoms with Crippen LogP contribution >= 0.6 is 11.8 Å². The number of nitrogens with zero attached hydrogens (tertiary/aromatic N) is 1. The first kappa shape index (κ1) is 19.1. The molecule has 2 aromatic carbocycles. The van der Waals surface area contributed by atoms with Gasteiger partial charge in [0.15, 0.2) is 0 Å². The standard InChI is InChI=1S/C23H26N2O2S/c1-17-6-4-7-18(12-17)14-25-15-22(20-9-2-3-10-21(20)25)28-16-23(26)24-13-19-8-5-11-27-19/h2-4,6-7,9-10,12,15,19H,5,8,11,13-14,16H2,1H3,(H,24,26)/t19-/m0/s1. The molecule has 3 aromatic rings. The molecule has 1 aromatic heterocycles. The van der Waals surface area contributed by atoms with Crippen molar-refractivity contribution in [3.8, 4) is 0 Å². The average molecular weight is 395 g/mol. The van der Waals surface area contributed by atoms with Crippen LogP contribution in [0.25, 0.3) is 10.9 Å². The summed E-state index contributed by atoms with van der Waals surface area (Å²) in [5.41, 5.74) is 3.75. The summed E-state index contributed by atoms with van der Waals surface area (Å²) in [6.45, 7) is 4.38. The zero-order valence-corrected chi connectivity index (χ0v) is 17.0. The van der Waals surface area contributed by atoms with E-state index in [9.17, 15) is 4.79 Å². The van der Waals surface area contributed by atoms with E-state index in [0.717, 1.165) is 30.9 Å². The highest BCUT2D eigenvalue weighted by molar-refractivity contribution is 8.00. The number of nitrogens with one attached hydrogen (secondary N) is 1. The largest absolute Gasteiger partial charge is 0.376 e. The van der Waals surface area contributed by atoms with E-state index in [-0.39, 0.29) is 12.0 Å². The van der Waals surface area contributed by atoms with E-state index >= 15 is 0 Å². The van der Waals surface area contributed by atoms with Gasteiger partial charge in [0.25, 0.3) is 0 Å². The molecule has 1 amide bonds. The topological polar surface area (TPSA) is 43.3 Å². The van der Waals surface area contributed by atoms with E-state index in [2.05, 4.69) is 71.5 Å². The molecular formula is C23H26N2O2S. The monoisotopic (exact) mass is 394 g/mol. The highest BCUT2D eigenvalue weighted by Crippen LogP contribution is 2.30. The van der Waals surface area contributed by atoms with Gasteiger partial charge in [0, 0.05) is 41.7 Å². The molecule has 28 heavy (non-hydrogen) atoms. The van der Waals surface area contributed by atoms with E-state index in [1.807, 2.05) is 0 Å². The minimum absolute atomic E-state index is 0.0658. The number of aromatic nitrogens is 1. The lowest BCUT2D eigenvalue weighted by molar-refractivity contribution is -0.119. The van der Waals surface area contributed by atoms with E-state index in [0.29, 0.717) is 12.3 Å². The summed E-state index contributed by atoms with van der Waals surface area (Å²) in [5.74, 6) is 0.488. The Labute approximate surface area is 170 Å². The molecule has 1 N–H and O–H groups in total. The van der Waals surface area contributed by atoms with Crippen LogP contribution in [0.1, 0.15) is 24.0 Å². The lowest BCUT2D eigenvalue weighted by Crippen LogP contribution is -2.32. The normalized spacial score (nSPS) is 16.5. The average Bonchev–Trinajstić information content (AvgIpc) is 3.33. The molecule has 0 radical (unpaired) electrons. The number of fused-ring (bicyclic) bond motifs is 1. The molecule has 0 aliphatic carbocycles. The summed E-state index contributed by atoms with van der Waals surface area (Å²) in [6, 6.07) is 17.0. The van der Waals surface area contributed by atoms with Crippen LogP contribution in [-0.2, 0) is 16.1 Å². The predicted molar refractivity (Wildman–Crippen MR) is 115 cm³/mol. The number of ether oxygens (including phenoxy) is 1. The number of carbonyl (C=O) groups is 1. The van der Waals surface area contributed by atoms with Crippen LogP contribution in [0, 0.1) is 6.92 Å². The van der Waals surface area contributed by atoms with Gasteiger partial charge in [-0.3, -0.25) is 4.79 Å². The summed E-state index contributed by atoms with van der Waals surface area (Å²) < 4.78 is 7.84. The molecule has 1 atom stereocenters. The fourth-order valence-electron chi connectivity index (χ4n) is 3.69. The van der Waals surface area contributed by atoms with Crippen LogP contribution in [0.3, 0.4) is 0 Å². The number of benzene rings is 2. The minimum atomic E-state index is 0.0658. The Balaban J connectivity index is 1.44. The number of hydrogen-bond acceptors (Lipinski definition) is 3. The van der Waals surface area contributed by atoms with Gasteiger partial charge < -0.3 is 14.6 Å². The Morgan fingerprint density at radius 3 is 2.96 bits per heavy atom. The molecule has 4 nitrogen and oxygen atoms in total. The van der Waals surface area contributed by atoms with Gasteiger partial charge in [-0.1, -0.05) is 48.0 Å². The summed E-state index contributed by atoms with van der Waals surface area (Å²) >= 11 is 1.60. The van der Waals surface area contributed by atoms with Gasteiger partial charge in [0.2, 0.25) is 5.91 Å². The Bertz CT molecular complexity index is 960. The summed E-state index contributed by atoms with van der Waals surface area (Å²) in [7, 11) is 0. The molecular weight excluding hydrogens is 368 g/mol. The molecule has 2 heterocycles. The number of thioether (sulfide) groups is 1. The number of carbonyl (C=O) groups excluding carboxylic acids is 1. The lowest BCUT2D eigenvalue weighted by Gasteiger charge is -2.10. The first-order valence-electron chi connectivity index (χ1n) is 9.83. The summed E-state index contributed by atoms with van der Waals surface area (Å²) in [6.07, 6.45) is 4.49. The van der Waals surface area contributed by atoms with Crippen LogP contribution in [-0.4, -0.2) is 35.5 Å². The van der Waals surface area contributed by atoms with Gasteiger partial charge in [-0.15, -0.1) is 11.8 Å². The van der Waals surface area contributed by atoms with Crippen molar-refractivity contribution >= 4 is 28.6 Å². The lowest BCUT2D eigenvalue weighted by atomic mass is 10.1. The molecule has 0 bridgehead atoms.